The van der Waals surface area contributed by atoms with Gasteiger partial charge < -0.3 is 5.32 Å². The molecule has 0 aromatic heterocycles. The van der Waals surface area contributed by atoms with Crippen LogP contribution in [0.5, 0.6) is 0 Å². The van der Waals surface area contributed by atoms with Gasteiger partial charge in [-0.2, -0.15) is 0 Å². The van der Waals surface area contributed by atoms with Crippen molar-refractivity contribution in [3.8, 4) is 0 Å². The SMILES string of the molecule is S=C1[CH]CNC1. The summed E-state index contributed by atoms with van der Waals surface area (Å²) in [7, 11) is 0. The van der Waals surface area contributed by atoms with E-state index >= 15 is 0 Å². The van der Waals surface area contributed by atoms with Crippen LogP contribution in [0, 0.1) is 6.42 Å². The zero-order valence-electron chi connectivity index (χ0n) is 3.40. The summed E-state index contributed by atoms with van der Waals surface area (Å²) in [5.74, 6) is 0. The Hall–Kier alpha value is 0.0500. The topological polar surface area (TPSA) is 12.0 Å². The normalized spacial score (nSPS) is 22.3. The predicted octanol–water partition coefficient (Wildman–Crippen LogP) is 0.164. The van der Waals surface area contributed by atoms with Gasteiger partial charge in [0.05, 0.1) is 0 Å². The zero-order valence-corrected chi connectivity index (χ0v) is 4.22. The fourth-order valence-electron chi connectivity index (χ4n) is 0.454. The van der Waals surface area contributed by atoms with Gasteiger partial charge in [-0.1, -0.05) is 12.2 Å². The van der Waals surface area contributed by atoms with E-state index in [1.807, 2.05) is 6.42 Å². The molecule has 1 aliphatic heterocycles. The lowest BCUT2D eigenvalue weighted by molar-refractivity contribution is 0.907. The van der Waals surface area contributed by atoms with E-state index in [1.165, 1.54) is 0 Å². The average molecular weight is 100 g/mol. The Labute approximate surface area is 42.7 Å². The summed E-state index contributed by atoms with van der Waals surface area (Å²) in [4.78, 5) is 1.05. The molecule has 1 N–H and O–H groups in total. The van der Waals surface area contributed by atoms with Gasteiger partial charge in [-0.25, -0.2) is 0 Å². The quantitative estimate of drug-likeness (QED) is 0.435. The Morgan fingerprint density at radius 1 is 1.83 bits per heavy atom. The average Bonchev–Trinajstić information content (AvgIpc) is 1.86. The molecule has 1 saturated heterocycles. The van der Waals surface area contributed by atoms with Crippen molar-refractivity contribution in [3.63, 3.8) is 0 Å². The van der Waals surface area contributed by atoms with E-state index in [0.717, 1.165) is 18.0 Å². The van der Waals surface area contributed by atoms with Crippen LogP contribution in [0.1, 0.15) is 0 Å². The Balaban J connectivity index is 2.37. The highest BCUT2D eigenvalue weighted by Crippen LogP contribution is 1.88. The maximum atomic E-state index is 4.80. The second-order valence-corrected chi connectivity index (χ2v) is 1.83. The fourth-order valence-corrected chi connectivity index (χ4v) is 0.639. The van der Waals surface area contributed by atoms with Crippen molar-refractivity contribution >= 4 is 17.1 Å². The van der Waals surface area contributed by atoms with Gasteiger partial charge in [-0.05, 0) is 0 Å². The maximum absolute atomic E-state index is 4.80. The van der Waals surface area contributed by atoms with Crippen LogP contribution in [-0.2, 0) is 0 Å². The van der Waals surface area contributed by atoms with Crippen LogP contribution < -0.4 is 5.32 Å². The summed E-state index contributed by atoms with van der Waals surface area (Å²) in [5.41, 5.74) is 0. The molecule has 0 bridgehead atoms. The third-order valence-electron chi connectivity index (χ3n) is 0.773. The van der Waals surface area contributed by atoms with Crippen molar-refractivity contribution in [3.05, 3.63) is 6.42 Å². The third kappa shape index (κ3) is 0.758. The molecular formula is C4H6NS. The Kier molecular flexibility index (Phi) is 1.17. The zero-order chi connectivity index (χ0) is 4.41. The highest BCUT2D eigenvalue weighted by atomic mass is 32.1. The van der Waals surface area contributed by atoms with E-state index in [1.54, 1.807) is 0 Å². The monoisotopic (exact) mass is 100 g/mol. The lowest BCUT2D eigenvalue weighted by atomic mass is 10.4. The molecule has 6 heavy (non-hydrogen) atoms. The molecule has 0 amide bonds. The van der Waals surface area contributed by atoms with Crippen LogP contribution in [0.15, 0.2) is 0 Å². The van der Waals surface area contributed by atoms with Crippen LogP contribution in [0.2, 0.25) is 0 Å². The standard InChI is InChI=1S/C4H6NS/c6-4-1-2-5-3-4/h1,5H,2-3H2. The van der Waals surface area contributed by atoms with Gasteiger partial charge in [-0.3, -0.25) is 0 Å². The van der Waals surface area contributed by atoms with E-state index in [4.69, 9.17) is 12.2 Å². The van der Waals surface area contributed by atoms with Crippen molar-refractivity contribution in [2.45, 2.75) is 0 Å². The van der Waals surface area contributed by atoms with Crippen molar-refractivity contribution in [2.24, 2.45) is 0 Å². The molecule has 0 atom stereocenters. The Bertz CT molecular complexity index is 61.9. The number of hydrogen-bond donors (Lipinski definition) is 1. The summed E-state index contributed by atoms with van der Waals surface area (Å²) < 4.78 is 0. The summed E-state index contributed by atoms with van der Waals surface area (Å²) >= 11 is 4.80. The Morgan fingerprint density at radius 3 is 2.83 bits per heavy atom. The Morgan fingerprint density at radius 2 is 2.67 bits per heavy atom. The summed E-state index contributed by atoms with van der Waals surface area (Å²) in [6.45, 7) is 1.88. The summed E-state index contributed by atoms with van der Waals surface area (Å²) in [5, 5.41) is 3.08. The molecule has 1 nitrogen and oxygen atoms in total. The molecular weight excluding hydrogens is 94.1 g/mol. The summed E-state index contributed by atoms with van der Waals surface area (Å²) in [6, 6.07) is 0. The highest BCUT2D eigenvalue weighted by Gasteiger charge is 2.02. The van der Waals surface area contributed by atoms with Crippen molar-refractivity contribution in [1.29, 1.82) is 0 Å². The van der Waals surface area contributed by atoms with Gasteiger partial charge in [-0.15, -0.1) is 0 Å². The number of thiocarbonyl (C=S) groups is 1. The first-order valence-corrected chi connectivity index (χ1v) is 2.37. The molecule has 1 radical (unpaired) electrons. The van der Waals surface area contributed by atoms with E-state index in [9.17, 15) is 0 Å². The van der Waals surface area contributed by atoms with Gasteiger partial charge in [0.2, 0.25) is 0 Å². The first-order chi connectivity index (χ1) is 2.89. The smallest absolute Gasteiger partial charge is 0.0272 e. The second-order valence-electron chi connectivity index (χ2n) is 1.30. The van der Waals surface area contributed by atoms with Gasteiger partial charge in [0, 0.05) is 24.4 Å². The lowest BCUT2D eigenvalue weighted by Crippen LogP contribution is -2.06. The molecule has 0 spiro atoms. The van der Waals surface area contributed by atoms with Gasteiger partial charge >= 0.3 is 0 Å². The van der Waals surface area contributed by atoms with Gasteiger partial charge in [0.25, 0.3) is 0 Å². The largest absolute Gasteiger partial charge is 0.311 e. The van der Waals surface area contributed by atoms with Crippen molar-refractivity contribution in [2.75, 3.05) is 13.1 Å². The minimum atomic E-state index is 0.912. The number of rotatable bonds is 0. The molecule has 0 unspecified atom stereocenters. The van der Waals surface area contributed by atoms with E-state index in [2.05, 4.69) is 5.32 Å². The van der Waals surface area contributed by atoms with E-state index in [-0.39, 0.29) is 0 Å². The molecule has 0 aromatic rings. The molecule has 2 heteroatoms. The number of nitrogens with one attached hydrogen (secondary N) is 1. The van der Waals surface area contributed by atoms with Crippen LogP contribution in [-0.4, -0.2) is 18.0 Å². The fraction of sp³-hybridized carbons (Fsp3) is 0.500. The van der Waals surface area contributed by atoms with Gasteiger partial charge in [0.1, 0.15) is 0 Å². The van der Waals surface area contributed by atoms with E-state index < -0.39 is 0 Å². The molecule has 1 aliphatic rings. The van der Waals surface area contributed by atoms with Crippen LogP contribution in [0.3, 0.4) is 0 Å². The lowest BCUT2D eigenvalue weighted by Gasteiger charge is -1.77. The predicted molar refractivity (Wildman–Crippen MR) is 29.8 cm³/mol. The van der Waals surface area contributed by atoms with E-state index in [0.29, 0.717) is 0 Å². The van der Waals surface area contributed by atoms with Crippen molar-refractivity contribution < 1.29 is 0 Å². The molecule has 0 aromatic carbocycles. The van der Waals surface area contributed by atoms with Crippen LogP contribution >= 0.6 is 12.2 Å². The molecule has 0 aliphatic carbocycles. The molecule has 1 fully saturated rings. The second kappa shape index (κ2) is 1.67. The molecule has 0 saturated carbocycles. The minimum absolute atomic E-state index is 0.912. The summed E-state index contributed by atoms with van der Waals surface area (Å²) in [6.07, 6.45) is 2.02. The van der Waals surface area contributed by atoms with Crippen LogP contribution in [0.4, 0.5) is 0 Å². The highest BCUT2D eigenvalue weighted by molar-refractivity contribution is 7.80. The third-order valence-corrected chi connectivity index (χ3v) is 1.08. The molecule has 33 valence electrons. The first-order valence-electron chi connectivity index (χ1n) is 1.96. The van der Waals surface area contributed by atoms with Gasteiger partial charge in [0.15, 0.2) is 0 Å². The molecule has 1 rings (SSSR count). The maximum Gasteiger partial charge on any atom is 0.0272 e. The van der Waals surface area contributed by atoms with Crippen molar-refractivity contribution in [1.82, 2.24) is 5.32 Å². The molecule has 1 heterocycles. The first kappa shape index (κ1) is 4.22. The number of hydrogen-bond acceptors (Lipinski definition) is 2. The minimum Gasteiger partial charge on any atom is -0.311 e. The van der Waals surface area contributed by atoms with Crippen LogP contribution in [0.25, 0.3) is 0 Å².